The average molecular weight is 316 g/mol. The largest absolute Gasteiger partial charge is 0.346 e. The predicted octanol–water partition coefficient (Wildman–Crippen LogP) is 3.91. The number of hydrogen-bond acceptors (Lipinski definition) is 5. The van der Waals surface area contributed by atoms with Crippen LogP contribution in [-0.4, -0.2) is 12.0 Å². The van der Waals surface area contributed by atoms with Gasteiger partial charge >= 0.3 is 0 Å². The zero-order chi connectivity index (χ0) is 13.8. The molecule has 2 heterocycles. The molecule has 0 saturated heterocycles. The summed E-state index contributed by atoms with van der Waals surface area (Å²) in [5.74, 6) is 0. The number of rotatable bonds is 6. The third kappa shape index (κ3) is 3.69. The van der Waals surface area contributed by atoms with Gasteiger partial charge in [0.05, 0.1) is 16.6 Å². The number of thiazole rings is 1. The van der Waals surface area contributed by atoms with Gasteiger partial charge in [-0.2, -0.15) is 0 Å². The van der Waals surface area contributed by atoms with E-state index in [0.717, 1.165) is 34.5 Å². The van der Waals surface area contributed by atoms with Crippen LogP contribution in [0, 0.1) is 0 Å². The molecule has 0 fully saturated rings. The summed E-state index contributed by atoms with van der Waals surface area (Å²) >= 11 is 9.26. The minimum Gasteiger partial charge on any atom is -0.346 e. The third-order valence-electron chi connectivity index (χ3n) is 2.79. The second-order valence-corrected chi connectivity index (χ2v) is 7.24. The highest BCUT2D eigenvalue weighted by Crippen LogP contribution is 2.29. The van der Waals surface area contributed by atoms with Crippen molar-refractivity contribution in [3.05, 3.63) is 31.9 Å². The van der Waals surface area contributed by atoms with Crippen molar-refractivity contribution >= 4 is 39.4 Å². The molecule has 0 radical (unpaired) electrons. The first-order valence-corrected chi connectivity index (χ1v) is 8.29. The molecule has 19 heavy (non-hydrogen) atoms. The Morgan fingerprint density at radius 1 is 1.37 bits per heavy atom. The minimum absolute atomic E-state index is 0.575. The van der Waals surface area contributed by atoms with Crippen molar-refractivity contribution in [3.8, 4) is 0 Å². The highest BCUT2D eigenvalue weighted by molar-refractivity contribution is 7.16. The van der Waals surface area contributed by atoms with Crippen molar-refractivity contribution in [1.29, 1.82) is 0 Å². The molecule has 0 unspecified atom stereocenters. The van der Waals surface area contributed by atoms with Crippen LogP contribution in [0.1, 0.15) is 28.8 Å². The van der Waals surface area contributed by atoms with Crippen LogP contribution in [0.15, 0.2) is 12.1 Å². The van der Waals surface area contributed by atoms with Gasteiger partial charge in [-0.3, -0.25) is 0 Å². The molecule has 0 aromatic carbocycles. The zero-order valence-electron chi connectivity index (χ0n) is 11.1. The molecule has 0 amide bonds. The van der Waals surface area contributed by atoms with E-state index in [2.05, 4.69) is 24.9 Å². The van der Waals surface area contributed by atoms with Gasteiger partial charge in [-0.05, 0) is 18.6 Å². The number of aromatic nitrogens is 1. The summed E-state index contributed by atoms with van der Waals surface area (Å²) in [5.41, 5.74) is 6.94. The molecule has 0 aliphatic carbocycles. The van der Waals surface area contributed by atoms with Crippen molar-refractivity contribution in [2.45, 2.75) is 32.9 Å². The first-order valence-electron chi connectivity index (χ1n) is 6.28. The Hall–Kier alpha value is -0.620. The highest BCUT2D eigenvalue weighted by Gasteiger charge is 2.13. The van der Waals surface area contributed by atoms with E-state index in [9.17, 15) is 0 Å². The van der Waals surface area contributed by atoms with Crippen LogP contribution >= 0.6 is 34.3 Å². The fraction of sp³-hybridized carbons (Fsp3) is 0.462. The van der Waals surface area contributed by atoms with Crippen LogP contribution in [0.3, 0.4) is 0 Å². The molecule has 0 aliphatic rings. The molecule has 3 nitrogen and oxygen atoms in total. The number of thiophene rings is 1. The topological polar surface area (TPSA) is 42.2 Å². The second kappa shape index (κ2) is 6.70. The summed E-state index contributed by atoms with van der Waals surface area (Å²) in [6, 6.07) is 4.00. The summed E-state index contributed by atoms with van der Waals surface area (Å²) in [5, 5.41) is 1.04. The van der Waals surface area contributed by atoms with Crippen molar-refractivity contribution in [1.82, 2.24) is 4.98 Å². The fourth-order valence-corrected chi connectivity index (χ4v) is 3.95. The average Bonchev–Trinajstić information content (AvgIpc) is 2.96. The van der Waals surface area contributed by atoms with E-state index >= 15 is 0 Å². The Kier molecular flexibility index (Phi) is 5.21. The monoisotopic (exact) mass is 315 g/mol. The third-order valence-corrected chi connectivity index (χ3v) is 5.24. The number of nitrogens with two attached hydrogens (primary N) is 1. The highest BCUT2D eigenvalue weighted by atomic mass is 35.5. The normalized spacial score (nSPS) is 10.9. The molecule has 104 valence electrons. The Morgan fingerprint density at radius 2 is 2.16 bits per heavy atom. The van der Waals surface area contributed by atoms with E-state index in [4.69, 9.17) is 22.3 Å². The van der Waals surface area contributed by atoms with Crippen molar-refractivity contribution in [3.63, 3.8) is 0 Å². The Balaban J connectivity index is 2.12. The molecular formula is C13H18ClN3S2. The van der Waals surface area contributed by atoms with Crippen LogP contribution in [0.2, 0.25) is 4.34 Å². The molecule has 0 bridgehead atoms. The Bertz CT molecular complexity index is 536. The van der Waals surface area contributed by atoms with Gasteiger partial charge in [0.1, 0.15) is 0 Å². The Morgan fingerprint density at radius 3 is 2.74 bits per heavy atom. The smallest absolute Gasteiger partial charge is 0.185 e. The van der Waals surface area contributed by atoms with Gasteiger partial charge in [-0.25, -0.2) is 4.98 Å². The van der Waals surface area contributed by atoms with Gasteiger partial charge in [-0.15, -0.1) is 22.7 Å². The molecule has 2 aromatic rings. The SMILES string of the molecule is CCCc1nc(N(C)Cc2ccc(Cl)s2)sc1CN. The lowest BCUT2D eigenvalue weighted by Crippen LogP contribution is -2.15. The van der Waals surface area contributed by atoms with Gasteiger partial charge in [0.15, 0.2) is 5.13 Å². The van der Waals surface area contributed by atoms with Gasteiger partial charge in [0, 0.05) is 23.3 Å². The molecule has 6 heteroatoms. The molecule has 0 aliphatic heterocycles. The standard InChI is InChI=1S/C13H18ClN3S2/c1-3-4-10-11(7-15)19-13(16-10)17(2)8-9-5-6-12(14)18-9/h5-6H,3-4,7-8,15H2,1-2H3. The molecule has 2 aromatic heterocycles. The summed E-state index contributed by atoms with van der Waals surface area (Å²) in [4.78, 5) is 9.31. The fourth-order valence-electron chi connectivity index (χ4n) is 1.86. The number of hydrogen-bond donors (Lipinski definition) is 1. The Labute approximate surface area is 127 Å². The minimum atomic E-state index is 0.575. The maximum atomic E-state index is 5.95. The lowest BCUT2D eigenvalue weighted by molar-refractivity contribution is 0.857. The van der Waals surface area contributed by atoms with E-state index in [1.807, 2.05) is 6.07 Å². The lowest BCUT2D eigenvalue weighted by atomic mass is 10.2. The van der Waals surface area contributed by atoms with Crippen LogP contribution in [-0.2, 0) is 19.5 Å². The molecule has 0 spiro atoms. The molecule has 0 atom stereocenters. The number of nitrogens with zero attached hydrogens (tertiary/aromatic N) is 2. The maximum absolute atomic E-state index is 5.95. The predicted molar refractivity (Wildman–Crippen MR) is 85.4 cm³/mol. The first-order chi connectivity index (χ1) is 9.13. The maximum Gasteiger partial charge on any atom is 0.185 e. The van der Waals surface area contributed by atoms with Crippen molar-refractivity contribution in [2.75, 3.05) is 11.9 Å². The van der Waals surface area contributed by atoms with Crippen LogP contribution < -0.4 is 10.6 Å². The summed E-state index contributed by atoms with van der Waals surface area (Å²) in [7, 11) is 2.06. The van der Waals surface area contributed by atoms with Crippen molar-refractivity contribution < 1.29 is 0 Å². The van der Waals surface area contributed by atoms with E-state index in [0.29, 0.717) is 6.54 Å². The van der Waals surface area contributed by atoms with E-state index in [1.165, 1.54) is 9.75 Å². The molecular weight excluding hydrogens is 298 g/mol. The van der Waals surface area contributed by atoms with Gasteiger partial charge < -0.3 is 10.6 Å². The first kappa shape index (κ1) is 14.8. The van der Waals surface area contributed by atoms with Crippen LogP contribution in [0.4, 0.5) is 5.13 Å². The zero-order valence-corrected chi connectivity index (χ0v) is 13.5. The number of halogens is 1. The number of aryl methyl sites for hydroxylation is 1. The van der Waals surface area contributed by atoms with Gasteiger partial charge in [0.2, 0.25) is 0 Å². The summed E-state index contributed by atoms with van der Waals surface area (Å²) < 4.78 is 0.830. The lowest BCUT2D eigenvalue weighted by Gasteiger charge is -2.14. The van der Waals surface area contributed by atoms with Gasteiger partial charge in [0.25, 0.3) is 0 Å². The van der Waals surface area contributed by atoms with Gasteiger partial charge in [-0.1, -0.05) is 24.9 Å². The quantitative estimate of drug-likeness (QED) is 0.879. The van der Waals surface area contributed by atoms with Crippen molar-refractivity contribution in [2.24, 2.45) is 5.73 Å². The van der Waals surface area contributed by atoms with E-state index in [-0.39, 0.29) is 0 Å². The molecule has 2 rings (SSSR count). The number of anilines is 1. The summed E-state index contributed by atoms with van der Waals surface area (Å²) in [6.07, 6.45) is 2.10. The van der Waals surface area contributed by atoms with Crippen LogP contribution in [0.25, 0.3) is 0 Å². The van der Waals surface area contributed by atoms with E-state index in [1.54, 1.807) is 22.7 Å². The second-order valence-electron chi connectivity index (χ2n) is 4.38. The molecule has 0 saturated carbocycles. The summed E-state index contributed by atoms with van der Waals surface area (Å²) in [6.45, 7) is 3.57. The molecule has 2 N–H and O–H groups in total. The van der Waals surface area contributed by atoms with Crippen LogP contribution in [0.5, 0.6) is 0 Å². The van der Waals surface area contributed by atoms with E-state index < -0.39 is 0 Å².